The summed E-state index contributed by atoms with van der Waals surface area (Å²) in [5.74, 6) is -0.473. The Morgan fingerprint density at radius 3 is 2.28 bits per heavy atom. The quantitative estimate of drug-likeness (QED) is 0.464. The van der Waals surface area contributed by atoms with Crippen molar-refractivity contribution in [3.05, 3.63) is 35.4 Å². The normalized spacial score (nSPS) is 25.0. The number of carbonyl (C=O) groups is 2. The van der Waals surface area contributed by atoms with E-state index in [-0.39, 0.29) is 17.9 Å². The van der Waals surface area contributed by atoms with Gasteiger partial charge in [0.05, 0.1) is 16.8 Å². The van der Waals surface area contributed by atoms with Crippen molar-refractivity contribution in [1.29, 1.82) is 0 Å². The molecule has 1 atom stereocenters. The van der Waals surface area contributed by atoms with Gasteiger partial charge in [-0.3, -0.25) is 14.5 Å². The Hall–Kier alpha value is -2.17. The van der Waals surface area contributed by atoms with Crippen molar-refractivity contribution in [2.24, 2.45) is 5.16 Å². The second-order valence-electron chi connectivity index (χ2n) is 4.59. The molecule has 1 fully saturated rings. The molecule has 5 nitrogen and oxygen atoms in total. The molecule has 1 heterocycles. The fourth-order valence-corrected chi connectivity index (χ4v) is 2.66. The molecule has 1 unspecified atom stereocenters. The fourth-order valence-electron chi connectivity index (χ4n) is 2.66. The fraction of sp³-hybridized carbons (Fsp3) is 0.308. The molecule has 2 aliphatic rings. The Morgan fingerprint density at radius 2 is 1.78 bits per heavy atom. The first-order valence-corrected chi connectivity index (χ1v) is 5.89. The van der Waals surface area contributed by atoms with Gasteiger partial charge in [-0.1, -0.05) is 17.3 Å². The molecule has 92 valence electrons. The summed E-state index contributed by atoms with van der Waals surface area (Å²) in [4.78, 5) is 25.7. The second-order valence-corrected chi connectivity index (χ2v) is 4.59. The van der Waals surface area contributed by atoms with Crippen LogP contribution in [0.1, 0.15) is 40.0 Å². The van der Waals surface area contributed by atoms with Crippen LogP contribution in [0.4, 0.5) is 0 Å². The van der Waals surface area contributed by atoms with Crippen LogP contribution in [0.25, 0.3) is 0 Å². The SMILES string of the molecule is O=C1c2ccccc2C(=O)N1C1CC/C(=N/O)C1. The van der Waals surface area contributed by atoms with E-state index >= 15 is 0 Å². The van der Waals surface area contributed by atoms with E-state index in [4.69, 9.17) is 5.21 Å². The van der Waals surface area contributed by atoms with Gasteiger partial charge in [0.25, 0.3) is 11.8 Å². The summed E-state index contributed by atoms with van der Waals surface area (Å²) in [6.07, 6.45) is 1.78. The van der Waals surface area contributed by atoms with Gasteiger partial charge in [0, 0.05) is 12.5 Å². The minimum absolute atomic E-state index is 0.178. The summed E-state index contributed by atoms with van der Waals surface area (Å²) in [7, 11) is 0. The molecule has 2 amide bonds. The first kappa shape index (κ1) is 11.0. The molecule has 1 aromatic rings. The third-order valence-corrected chi connectivity index (χ3v) is 3.57. The second kappa shape index (κ2) is 3.94. The van der Waals surface area contributed by atoms with E-state index in [1.54, 1.807) is 24.3 Å². The van der Waals surface area contributed by atoms with Crippen molar-refractivity contribution in [2.75, 3.05) is 0 Å². The van der Waals surface area contributed by atoms with E-state index in [0.29, 0.717) is 36.1 Å². The third kappa shape index (κ3) is 1.44. The van der Waals surface area contributed by atoms with Crippen molar-refractivity contribution in [3.63, 3.8) is 0 Å². The molecule has 0 bridgehead atoms. The van der Waals surface area contributed by atoms with Gasteiger partial charge < -0.3 is 5.21 Å². The minimum Gasteiger partial charge on any atom is -0.411 e. The lowest BCUT2D eigenvalue weighted by Crippen LogP contribution is -2.38. The van der Waals surface area contributed by atoms with Crippen LogP contribution in [0.3, 0.4) is 0 Å². The van der Waals surface area contributed by atoms with E-state index in [2.05, 4.69) is 5.16 Å². The van der Waals surface area contributed by atoms with Gasteiger partial charge in [-0.15, -0.1) is 0 Å². The smallest absolute Gasteiger partial charge is 0.261 e. The lowest BCUT2D eigenvalue weighted by molar-refractivity contribution is 0.0591. The number of hydrogen-bond donors (Lipinski definition) is 1. The van der Waals surface area contributed by atoms with Gasteiger partial charge in [-0.05, 0) is 25.0 Å². The molecule has 1 N–H and O–H groups in total. The number of rotatable bonds is 1. The maximum absolute atomic E-state index is 12.2. The van der Waals surface area contributed by atoms with Crippen LogP contribution < -0.4 is 0 Å². The molecule has 0 radical (unpaired) electrons. The summed E-state index contributed by atoms with van der Waals surface area (Å²) in [5.41, 5.74) is 1.59. The average molecular weight is 244 g/mol. The van der Waals surface area contributed by atoms with Crippen LogP contribution in [0, 0.1) is 0 Å². The van der Waals surface area contributed by atoms with Gasteiger partial charge in [0.1, 0.15) is 0 Å². The molecule has 1 saturated carbocycles. The number of fused-ring (bicyclic) bond motifs is 1. The van der Waals surface area contributed by atoms with Gasteiger partial charge in [0.2, 0.25) is 0 Å². The molecule has 1 aliphatic heterocycles. The molecule has 1 aliphatic carbocycles. The summed E-state index contributed by atoms with van der Waals surface area (Å²) in [6, 6.07) is 6.67. The predicted molar refractivity (Wildman–Crippen MR) is 63.8 cm³/mol. The highest BCUT2D eigenvalue weighted by atomic mass is 16.4. The summed E-state index contributed by atoms with van der Waals surface area (Å²) in [6.45, 7) is 0. The first-order chi connectivity index (χ1) is 8.72. The van der Waals surface area contributed by atoms with Crippen molar-refractivity contribution in [1.82, 2.24) is 4.90 Å². The van der Waals surface area contributed by atoms with E-state index in [9.17, 15) is 9.59 Å². The van der Waals surface area contributed by atoms with E-state index in [0.717, 1.165) is 0 Å². The third-order valence-electron chi connectivity index (χ3n) is 3.57. The van der Waals surface area contributed by atoms with Crippen molar-refractivity contribution in [3.8, 4) is 0 Å². The lowest BCUT2D eigenvalue weighted by Gasteiger charge is -2.20. The van der Waals surface area contributed by atoms with Gasteiger partial charge in [-0.25, -0.2) is 0 Å². The molecule has 18 heavy (non-hydrogen) atoms. The number of hydrogen-bond acceptors (Lipinski definition) is 4. The zero-order valence-corrected chi connectivity index (χ0v) is 9.67. The minimum atomic E-state index is -0.236. The maximum Gasteiger partial charge on any atom is 0.261 e. The van der Waals surface area contributed by atoms with Crippen LogP contribution >= 0.6 is 0 Å². The molecular formula is C13H12N2O3. The number of amides is 2. The molecule has 1 aromatic carbocycles. The highest BCUT2D eigenvalue weighted by Gasteiger charge is 2.41. The largest absolute Gasteiger partial charge is 0.411 e. The van der Waals surface area contributed by atoms with Crippen molar-refractivity contribution < 1.29 is 14.8 Å². The van der Waals surface area contributed by atoms with E-state index in [1.807, 2.05) is 0 Å². The lowest BCUT2D eigenvalue weighted by atomic mass is 10.1. The molecule has 0 spiro atoms. The molecule has 0 aromatic heterocycles. The van der Waals surface area contributed by atoms with Gasteiger partial charge >= 0.3 is 0 Å². The monoisotopic (exact) mass is 244 g/mol. The predicted octanol–water partition coefficient (Wildman–Crippen LogP) is 1.67. The highest BCUT2D eigenvalue weighted by Crippen LogP contribution is 2.30. The topological polar surface area (TPSA) is 70.0 Å². The summed E-state index contributed by atoms with van der Waals surface area (Å²) >= 11 is 0. The Balaban J connectivity index is 1.93. The Morgan fingerprint density at radius 1 is 1.17 bits per heavy atom. The molecule has 5 heteroatoms. The van der Waals surface area contributed by atoms with Crippen LogP contribution in [-0.4, -0.2) is 33.7 Å². The van der Waals surface area contributed by atoms with Gasteiger partial charge in [0.15, 0.2) is 0 Å². The standard InChI is InChI=1S/C13H12N2O3/c16-12-10-3-1-2-4-11(10)13(17)15(12)9-6-5-8(7-9)14-18/h1-4,9,18H,5-7H2/b14-8-. The van der Waals surface area contributed by atoms with Crippen molar-refractivity contribution >= 4 is 17.5 Å². The summed E-state index contributed by atoms with van der Waals surface area (Å²) < 4.78 is 0. The highest BCUT2D eigenvalue weighted by molar-refractivity contribution is 6.21. The zero-order chi connectivity index (χ0) is 12.7. The average Bonchev–Trinajstić information content (AvgIpc) is 2.95. The summed E-state index contributed by atoms with van der Waals surface area (Å²) in [5, 5.41) is 11.9. The molecular weight excluding hydrogens is 232 g/mol. The van der Waals surface area contributed by atoms with Crippen molar-refractivity contribution in [2.45, 2.75) is 25.3 Å². The number of oxime groups is 1. The zero-order valence-electron chi connectivity index (χ0n) is 9.67. The first-order valence-electron chi connectivity index (χ1n) is 5.89. The Kier molecular flexibility index (Phi) is 2.40. The Bertz CT molecular complexity index is 530. The number of carbonyl (C=O) groups excluding carboxylic acids is 2. The van der Waals surface area contributed by atoms with Crippen LogP contribution in [0.5, 0.6) is 0 Å². The Labute approximate surface area is 104 Å². The number of imide groups is 1. The maximum atomic E-state index is 12.2. The van der Waals surface area contributed by atoms with E-state index in [1.165, 1.54) is 4.90 Å². The van der Waals surface area contributed by atoms with Gasteiger partial charge in [-0.2, -0.15) is 0 Å². The van der Waals surface area contributed by atoms with Crippen LogP contribution in [-0.2, 0) is 0 Å². The van der Waals surface area contributed by atoms with Crippen LogP contribution in [0.15, 0.2) is 29.4 Å². The molecule has 0 saturated heterocycles. The number of benzene rings is 1. The van der Waals surface area contributed by atoms with E-state index < -0.39 is 0 Å². The molecule has 3 rings (SSSR count). The number of nitrogens with zero attached hydrogens (tertiary/aromatic N) is 2. The van der Waals surface area contributed by atoms with Crippen LogP contribution in [0.2, 0.25) is 0 Å².